The summed E-state index contributed by atoms with van der Waals surface area (Å²) in [6.45, 7) is 5.27. The van der Waals surface area contributed by atoms with E-state index in [0.29, 0.717) is 26.1 Å². The Morgan fingerprint density at radius 1 is 1.27 bits per heavy atom. The molecule has 26 heavy (non-hydrogen) atoms. The smallest absolute Gasteiger partial charge is 0.228 e. The normalized spacial score (nSPS) is 20.2. The number of aromatic nitrogens is 1. The van der Waals surface area contributed by atoms with Crippen molar-refractivity contribution in [1.82, 2.24) is 9.88 Å². The number of hydrogen-bond acceptors (Lipinski definition) is 4. The molecule has 2 aromatic rings. The van der Waals surface area contributed by atoms with Crippen LogP contribution in [0.2, 0.25) is 0 Å². The summed E-state index contributed by atoms with van der Waals surface area (Å²) in [5.41, 5.74) is 3.39. The number of carbonyl (C=O) groups is 1. The summed E-state index contributed by atoms with van der Waals surface area (Å²) < 4.78 is 5.96. The van der Waals surface area contributed by atoms with Crippen molar-refractivity contribution in [2.75, 3.05) is 26.3 Å². The number of morpholine rings is 1. The molecule has 5 nitrogen and oxygen atoms in total. The maximum absolute atomic E-state index is 12.7. The molecular weight excluding hydrogens is 328 g/mol. The van der Waals surface area contributed by atoms with E-state index in [1.54, 1.807) is 11.1 Å². The average molecular weight is 354 g/mol. The Morgan fingerprint density at radius 3 is 2.77 bits per heavy atom. The van der Waals surface area contributed by atoms with E-state index in [0.717, 1.165) is 22.4 Å². The van der Waals surface area contributed by atoms with E-state index >= 15 is 0 Å². The van der Waals surface area contributed by atoms with Crippen molar-refractivity contribution in [1.29, 1.82) is 0 Å². The highest BCUT2D eigenvalue weighted by atomic mass is 16.5. The van der Waals surface area contributed by atoms with E-state index in [4.69, 9.17) is 4.74 Å². The summed E-state index contributed by atoms with van der Waals surface area (Å²) >= 11 is 0. The van der Waals surface area contributed by atoms with Crippen LogP contribution in [-0.2, 0) is 22.4 Å². The predicted molar refractivity (Wildman–Crippen MR) is 99.9 cm³/mol. The van der Waals surface area contributed by atoms with Gasteiger partial charge in [0.1, 0.15) is 5.60 Å². The maximum atomic E-state index is 12.7. The second-order valence-corrected chi connectivity index (χ2v) is 7.11. The molecule has 1 fully saturated rings. The molecule has 0 radical (unpaired) electrons. The number of rotatable bonds is 5. The first-order chi connectivity index (χ1) is 12.5. The van der Waals surface area contributed by atoms with Gasteiger partial charge in [-0.05, 0) is 36.6 Å². The van der Waals surface area contributed by atoms with Gasteiger partial charge < -0.3 is 14.7 Å². The topological polar surface area (TPSA) is 62.7 Å². The lowest BCUT2D eigenvalue weighted by Crippen LogP contribution is -2.57. The minimum absolute atomic E-state index is 0.0206. The van der Waals surface area contributed by atoms with Crippen LogP contribution in [0, 0.1) is 13.8 Å². The molecule has 138 valence electrons. The second kappa shape index (κ2) is 7.98. The standard InChI is InChI=1S/C21H26N2O3/c1-16-7-8-19(22-13-16)11-20(25)23-9-10-26-21(14-23,15-24)12-18-6-4-3-5-17(18)2/h3-8,13,24H,9-12,14-15H2,1-2H3. The minimum atomic E-state index is -0.749. The van der Waals surface area contributed by atoms with Crippen LogP contribution in [0.1, 0.15) is 22.4 Å². The highest BCUT2D eigenvalue weighted by Crippen LogP contribution is 2.25. The van der Waals surface area contributed by atoms with Crippen LogP contribution in [0.4, 0.5) is 0 Å². The number of aliphatic hydroxyl groups excluding tert-OH is 1. The molecule has 0 bridgehead atoms. The van der Waals surface area contributed by atoms with Crippen LogP contribution in [0.3, 0.4) is 0 Å². The van der Waals surface area contributed by atoms with E-state index in [1.807, 2.05) is 37.3 Å². The van der Waals surface area contributed by atoms with Crippen LogP contribution < -0.4 is 0 Å². The predicted octanol–water partition coefficient (Wildman–Crippen LogP) is 2.07. The summed E-state index contributed by atoms with van der Waals surface area (Å²) in [6, 6.07) is 11.9. The molecule has 1 unspecified atom stereocenters. The first-order valence-electron chi connectivity index (χ1n) is 9.00. The van der Waals surface area contributed by atoms with Crippen LogP contribution in [-0.4, -0.2) is 52.8 Å². The third kappa shape index (κ3) is 4.29. The minimum Gasteiger partial charge on any atom is -0.393 e. The van der Waals surface area contributed by atoms with Crippen molar-refractivity contribution in [3.63, 3.8) is 0 Å². The van der Waals surface area contributed by atoms with Gasteiger partial charge in [-0.25, -0.2) is 0 Å². The first-order valence-corrected chi connectivity index (χ1v) is 9.00. The lowest BCUT2D eigenvalue weighted by atomic mass is 9.91. The Morgan fingerprint density at radius 2 is 2.08 bits per heavy atom. The zero-order valence-corrected chi connectivity index (χ0v) is 15.4. The van der Waals surface area contributed by atoms with Gasteiger partial charge in [0.15, 0.2) is 0 Å². The number of amides is 1. The van der Waals surface area contributed by atoms with Crippen LogP contribution in [0.5, 0.6) is 0 Å². The molecule has 1 aromatic carbocycles. The lowest BCUT2D eigenvalue weighted by Gasteiger charge is -2.42. The summed E-state index contributed by atoms with van der Waals surface area (Å²) in [7, 11) is 0. The van der Waals surface area contributed by atoms with E-state index < -0.39 is 5.60 Å². The molecule has 0 spiro atoms. The lowest BCUT2D eigenvalue weighted by molar-refractivity contribution is -0.157. The number of ether oxygens (including phenoxy) is 1. The van der Waals surface area contributed by atoms with Crippen molar-refractivity contribution in [2.24, 2.45) is 0 Å². The molecule has 2 heterocycles. The number of aryl methyl sites for hydroxylation is 2. The van der Waals surface area contributed by atoms with Gasteiger partial charge in [0, 0.05) is 24.9 Å². The number of aliphatic hydroxyl groups is 1. The third-order valence-electron chi connectivity index (χ3n) is 4.97. The molecule has 1 amide bonds. The number of hydrogen-bond donors (Lipinski definition) is 1. The summed E-state index contributed by atoms with van der Waals surface area (Å²) in [4.78, 5) is 18.8. The third-order valence-corrected chi connectivity index (χ3v) is 4.97. The van der Waals surface area contributed by atoms with E-state index in [2.05, 4.69) is 18.0 Å². The maximum Gasteiger partial charge on any atom is 0.228 e. The SMILES string of the molecule is Cc1ccc(CC(=O)N2CCOC(CO)(Cc3ccccc3C)C2)nc1. The molecule has 1 aliphatic rings. The molecule has 3 rings (SSSR count). The van der Waals surface area contributed by atoms with E-state index in [-0.39, 0.29) is 18.9 Å². The quantitative estimate of drug-likeness (QED) is 0.893. The molecule has 1 aromatic heterocycles. The Hall–Kier alpha value is -2.24. The summed E-state index contributed by atoms with van der Waals surface area (Å²) in [5.74, 6) is 0.0206. The van der Waals surface area contributed by atoms with Gasteiger partial charge in [-0.2, -0.15) is 0 Å². The Labute approximate surface area is 154 Å². The van der Waals surface area contributed by atoms with Crippen molar-refractivity contribution in [3.8, 4) is 0 Å². The van der Waals surface area contributed by atoms with Crippen LogP contribution >= 0.6 is 0 Å². The van der Waals surface area contributed by atoms with Gasteiger partial charge in [-0.1, -0.05) is 30.3 Å². The molecule has 1 atom stereocenters. The van der Waals surface area contributed by atoms with Gasteiger partial charge in [-0.3, -0.25) is 9.78 Å². The highest BCUT2D eigenvalue weighted by Gasteiger charge is 2.38. The Balaban J connectivity index is 1.71. The average Bonchev–Trinajstić information content (AvgIpc) is 2.66. The fraction of sp³-hybridized carbons (Fsp3) is 0.429. The van der Waals surface area contributed by atoms with Gasteiger partial charge in [0.05, 0.1) is 26.2 Å². The van der Waals surface area contributed by atoms with Crippen LogP contribution in [0.25, 0.3) is 0 Å². The van der Waals surface area contributed by atoms with E-state index in [1.165, 1.54) is 0 Å². The fourth-order valence-corrected chi connectivity index (χ4v) is 3.34. The molecule has 1 N–H and O–H groups in total. The number of pyridine rings is 1. The van der Waals surface area contributed by atoms with Crippen LogP contribution in [0.15, 0.2) is 42.6 Å². The van der Waals surface area contributed by atoms with Crippen molar-refractivity contribution >= 4 is 5.91 Å². The molecule has 0 aliphatic carbocycles. The molecular formula is C21H26N2O3. The van der Waals surface area contributed by atoms with E-state index in [9.17, 15) is 9.90 Å². The Kier molecular flexibility index (Phi) is 5.69. The number of nitrogens with zero attached hydrogens (tertiary/aromatic N) is 2. The highest BCUT2D eigenvalue weighted by molar-refractivity contribution is 5.78. The number of carbonyl (C=O) groups excluding carboxylic acids is 1. The molecule has 1 aliphatic heterocycles. The molecule has 0 saturated carbocycles. The fourth-order valence-electron chi connectivity index (χ4n) is 3.34. The van der Waals surface area contributed by atoms with Gasteiger partial charge in [0.25, 0.3) is 0 Å². The van der Waals surface area contributed by atoms with Crippen molar-refractivity contribution in [2.45, 2.75) is 32.3 Å². The Bertz CT molecular complexity index is 760. The summed E-state index contributed by atoms with van der Waals surface area (Å²) in [6.07, 6.45) is 2.63. The zero-order chi connectivity index (χ0) is 18.6. The van der Waals surface area contributed by atoms with Crippen molar-refractivity contribution < 1.29 is 14.6 Å². The zero-order valence-electron chi connectivity index (χ0n) is 15.4. The van der Waals surface area contributed by atoms with Crippen molar-refractivity contribution in [3.05, 3.63) is 65.0 Å². The number of benzene rings is 1. The molecule has 5 heteroatoms. The van der Waals surface area contributed by atoms with Gasteiger partial charge >= 0.3 is 0 Å². The monoisotopic (exact) mass is 354 g/mol. The van der Waals surface area contributed by atoms with Gasteiger partial charge in [-0.15, -0.1) is 0 Å². The second-order valence-electron chi connectivity index (χ2n) is 7.11. The summed E-state index contributed by atoms with van der Waals surface area (Å²) in [5, 5.41) is 10.0. The first kappa shape index (κ1) is 18.5. The molecule has 1 saturated heterocycles. The van der Waals surface area contributed by atoms with Gasteiger partial charge in [0.2, 0.25) is 5.91 Å². The largest absolute Gasteiger partial charge is 0.393 e.